The molecule has 1 saturated carbocycles. The summed E-state index contributed by atoms with van der Waals surface area (Å²) in [5.41, 5.74) is 2.16. The lowest BCUT2D eigenvalue weighted by atomic mass is 10.2. The molecule has 1 aliphatic carbocycles. The maximum atomic E-state index is 12.5. The second-order valence-electron chi connectivity index (χ2n) is 5.79. The lowest BCUT2D eigenvalue weighted by Gasteiger charge is -2.06. The van der Waals surface area contributed by atoms with Gasteiger partial charge in [0.2, 0.25) is 0 Å². The average Bonchev–Trinajstić information content (AvgIpc) is 3.22. The molecule has 2 heterocycles. The van der Waals surface area contributed by atoms with Crippen LogP contribution in [0, 0.1) is 6.92 Å². The summed E-state index contributed by atoms with van der Waals surface area (Å²) in [4.78, 5) is 16.5. The number of hydrogen-bond donors (Lipinski definition) is 0. The van der Waals surface area contributed by atoms with Crippen LogP contribution in [0.1, 0.15) is 46.7 Å². The smallest absolute Gasteiger partial charge is 0.357 e. The largest absolute Gasteiger partial charge is 0.451 e. The van der Waals surface area contributed by atoms with Gasteiger partial charge in [0.15, 0.2) is 18.1 Å². The van der Waals surface area contributed by atoms with Crippen molar-refractivity contribution in [3.05, 3.63) is 59.5 Å². The van der Waals surface area contributed by atoms with Gasteiger partial charge >= 0.3 is 5.97 Å². The number of nitrogens with zero attached hydrogens (tertiary/aromatic N) is 4. The molecule has 1 fully saturated rings. The summed E-state index contributed by atoms with van der Waals surface area (Å²) in [6.45, 7) is 1.65. The molecule has 0 spiro atoms. The fourth-order valence-electron chi connectivity index (χ4n) is 2.49. The van der Waals surface area contributed by atoms with E-state index in [1.54, 1.807) is 11.6 Å². The highest BCUT2D eigenvalue weighted by molar-refractivity contribution is 5.88. The van der Waals surface area contributed by atoms with Crippen LogP contribution in [-0.4, -0.2) is 25.9 Å². The monoisotopic (exact) mass is 324 g/mol. The minimum absolute atomic E-state index is 0.0571. The van der Waals surface area contributed by atoms with Crippen molar-refractivity contribution in [2.45, 2.75) is 32.3 Å². The Morgan fingerprint density at radius 1 is 1.33 bits per heavy atom. The predicted molar refractivity (Wildman–Crippen MR) is 83.7 cm³/mol. The molecule has 122 valence electrons. The zero-order valence-electron chi connectivity index (χ0n) is 13.2. The van der Waals surface area contributed by atoms with Crippen molar-refractivity contribution in [3.63, 3.8) is 0 Å². The molecule has 4 rings (SSSR count). The van der Waals surface area contributed by atoms with Crippen LogP contribution < -0.4 is 0 Å². The van der Waals surface area contributed by atoms with E-state index >= 15 is 0 Å². The number of benzene rings is 1. The highest BCUT2D eigenvalue weighted by atomic mass is 16.6. The van der Waals surface area contributed by atoms with Crippen molar-refractivity contribution in [2.24, 2.45) is 0 Å². The van der Waals surface area contributed by atoms with Gasteiger partial charge in [-0.3, -0.25) is 0 Å². The van der Waals surface area contributed by atoms with Gasteiger partial charge in [-0.15, -0.1) is 0 Å². The molecule has 1 aromatic carbocycles. The zero-order chi connectivity index (χ0) is 16.5. The van der Waals surface area contributed by atoms with Crippen molar-refractivity contribution < 1.29 is 14.1 Å². The summed E-state index contributed by atoms with van der Waals surface area (Å²) in [5.74, 6) is 0.759. The fraction of sp³-hybridized carbons (Fsp3) is 0.294. The van der Waals surface area contributed by atoms with E-state index in [4.69, 9.17) is 9.26 Å². The molecule has 7 nitrogen and oxygen atoms in total. The third-order valence-corrected chi connectivity index (χ3v) is 3.83. The molecule has 0 atom stereocenters. The van der Waals surface area contributed by atoms with Gasteiger partial charge < -0.3 is 9.26 Å². The van der Waals surface area contributed by atoms with E-state index in [0.29, 0.717) is 17.4 Å². The summed E-state index contributed by atoms with van der Waals surface area (Å²) in [5, 5.41) is 8.26. The molecule has 0 N–H and O–H groups in total. The number of para-hydroxylation sites is 1. The second kappa shape index (κ2) is 5.92. The van der Waals surface area contributed by atoms with Crippen molar-refractivity contribution in [3.8, 4) is 5.69 Å². The highest BCUT2D eigenvalue weighted by Crippen LogP contribution is 2.39. The molecule has 0 aliphatic heterocycles. The molecule has 0 saturated heterocycles. The SMILES string of the molecule is Cc1noc(COC(=O)c2cc(C3CC3)nn2-c2ccccc2)n1. The Bertz CT molecular complexity index is 865. The Hall–Kier alpha value is -2.96. The number of carbonyl (C=O) groups is 1. The van der Waals surface area contributed by atoms with E-state index in [9.17, 15) is 4.79 Å². The summed E-state index contributed by atoms with van der Waals surface area (Å²) >= 11 is 0. The topological polar surface area (TPSA) is 83.0 Å². The zero-order valence-corrected chi connectivity index (χ0v) is 13.2. The summed E-state index contributed by atoms with van der Waals surface area (Å²) < 4.78 is 11.9. The Kier molecular flexibility index (Phi) is 3.60. The molecule has 7 heteroatoms. The molecule has 0 amide bonds. The molecule has 0 bridgehead atoms. The predicted octanol–water partition coefficient (Wildman–Crippen LogP) is 2.80. The van der Waals surface area contributed by atoms with Crippen molar-refractivity contribution in [1.29, 1.82) is 0 Å². The first-order valence-electron chi connectivity index (χ1n) is 7.82. The standard InChI is InChI=1S/C17H16N4O3/c1-11-18-16(24-20-11)10-23-17(22)15-9-14(12-7-8-12)19-21(15)13-5-3-2-4-6-13/h2-6,9,12H,7-8,10H2,1H3. The van der Waals surface area contributed by atoms with Crippen LogP contribution in [0.15, 0.2) is 40.9 Å². The van der Waals surface area contributed by atoms with Gasteiger partial charge in [0.1, 0.15) is 0 Å². The van der Waals surface area contributed by atoms with Crippen LogP contribution >= 0.6 is 0 Å². The average molecular weight is 324 g/mol. The first kappa shape index (κ1) is 14.6. The summed E-state index contributed by atoms with van der Waals surface area (Å²) in [6, 6.07) is 11.4. The van der Waals surface area contributed by atoms with Crippen LogP contribution in [0.2, 0.25) is 0 Å². The van der Waals surface area contributed by atoms with Gasteiger partial charge in [-0.2, -0.15) is 10.1 Å². The summed E-state index contributed by atoms with van der Waals surface area (Å²) in [7, 11) is 0. The third kappa shape index (κ3) is 2.92. The van der Waals surface area contributed by atoms with Crippen molar-refractivity contribution >= 4 is 5.97 Å². The molecular formula is C17H16N4O3. The van der Waals surface area contributed by atoms with E-state index in [2.05, 4.69) is 15.2 Å². The minimum atomic E-state index is -0.464. The molecular weight excluding hydrogens is 308 g/mol. The van der Waals surface area contributed by atoms with Crippen LogP contribution in [-0.2, 0) is 11.3 Å². The molecule has 2 aromatic heterocycles. The maximum Gasteiger partial charge on any atom is 0.357 e. The molecule has 24 heavy (non-hydrogen) atoms. The van der Waals surface area contributed by atoms with E-state index in [1.807, 2.05) is 36.4 Å². The van der Waals surface area contributed by atoms with Gasteiger partial charge in [0, 0.05) is 5.92 Å². The molecule has 3 aromatic rings. The fourth-order valence-corrected chi connectivity index (χ4v) is 2.49. The molecule has 0 radical (unpaired) electrons. The van der Waals surface area contributed by atoms with Gasteiger partial charge in [-0.25, -0.2) is 9.48 Å². The van der Waals surface area contributed by atoms with Crippen LogP contribution in [0.5, 0.6) is 0 Å². The maximum absolute atomic E-state index is 12.5. The van der Waals surface area contributed by atoms with Gasteiger partial charge in [-0.1, -0.05) is 23.4 Å². The van der Waals surface area contributed by atoms with Crippen LogP contribution in [0.4, 0.5) is 0 Å². The normalized spacial score (nSPS) is 13.9. The Balaban J connectivity index is 1.59. The van der Waals surface area contributed by atoms with Crippen molar-refractivity contribution in [1.82, 2.24) is 19.9 Å². The second-order valence-corrected chi connectivity index (χ2v) is 5.79. The highest BCUT2D eigenvalue weighted by Gasteiger charge is 2.29. The number of ether oxygens (including phenoxy) is 1. The van der Waals surface area contributed by atoms with E-state index in [-0.39, 0.29) is 12.5 Å². The number of esters is 1. The first-order valence-corrected chi connectivity index (χ1v) is 7.82. The van der Waals surface area contributed by atoms with Gasteiger partial charge in [-0.05, 0) is 38.0 Å². The van der Waals surface area contributed by atoms with Gasteiger partial charge in [0.05, 0.1) is 11.4 Å². The van der Waals surface area contributed by atoms with Crippen LogP contribution in [0.25, 0.3) is 5.69 Å². The number of carbonyl (C=O) groups excluding carboxylic acids is 1. The lowest BCUT2D eigenvalue weighted by molar-refractivity contribution is 0.0419. The quantitative estimate of drug-likeness (QED) is 0.671. The molecule has 1 aliphatic rings. The van der Waals surface area contributed by atoms with E-state index < -0.39 is 5.97 Å². The number of aryl methyl sites for hydroxylation is 1. The van der Waals surface area contributed by atoms with E-state index in [1.165, 1.54) is 0 Å². The number of rotatable bonds is 5. The Morgan fingerprint density at radius 3 is 2.79 bits per heavy atom. The number of aromatic nitrogens is 4. The molecule has 0 unspecified atom stereocenters. The van der Waals surface area contributed by atoms with Gasteiger partial charge in [0.25, 0.3) is 5.89 Å². The first-order chi connectivity index (χ1) is 11.7. The lowest BCUT2D eigenvalue weighted by Crippen LogP contribution is -2.12. The summed E-state index contributed by atoms with van der Waals surface area (Å²) in [6.07, 6.45) is 2.23. The minimum Gasteiger partial charge on any atom is -0.451 e. The van der Waals surface area contributed by atoms with E-state index in [0.717, 1.165) is 24.2 Å². The Morgan fingerprint density at radius 2 is 2.12 bits per heavy atom. The number of hydrogen-bond acceptors (Lipinski definition) is 6. The Labute approximate surface area is 138 Å². The van der Waals surface area contributed by atoms with Crippen molar-refractivity contribution in [2.75, 3.05) is 0 Å². The third-order valence-electron chi connectivity index (χ3n) is 3.83. The van der Waals surface area contributed by atoms with Crippen LogP contribution in [0.3, 0.4) is 0 Å².